The predicted molar refractivity (Wildman–Crippen MR) is 131 cm³/mol. The van der Waals surface area contributed by atoms with Crippen LogP contribution in [-0.4, -0.2) is 58.5 Å². The van der Waals surface area contributed by atoms with Gasteiger partial charge in [0.25, 0.3) is 0 Å². The largest absolute Gasteiger partial charge is 0.468 e. The second kappa shape index (κ2) is 9.61. The van der Waals surface area contributed by atoms with Gasteiger partial charge in [0, 0.05) is 36.8 Å². The molecular formula is C24H21ClFN5O2S. The Morgan fingerprint density at radius 2 is 1.74 bits per heavy atom. The zero-order valence-electron chi connectivity index (χ0n) is 18.3. The van der Waals surface area contributed by atoms with Crippen molar-refractivity contribution in [3.8, 4) is 16.3 Å². The lowest BCUT2D eigenvalue weighted by Crippen LogP contribution is -2.53. The zero-order chi connectivity index (χ0) is 23.7. The number of rotatable bonds is 6. The van der Waals surface area contributed by atoms with Crippen molar-refractivity contribution >= 4 is 45.4 Å². The van der Waals surface area contributed by atoms with Crippen molar-refractivity contribution in [1.29, 1.82) is 0 Å². The molecule has 174 valence electrons. The third kappa shape index (κ3) is 4.72. The van der Waals surface area contributed by atoms with E-state index in [1.165, 1.54) is 23.5 Å². The fourth-order valence-corrected chi connectivity index (χ4v) is 4.99. The minimum absolute atomic E-state index is 0.285. The van der Waals surface area contributed by atoms with E-state index in [0.29, 0.717) is 42.8 Å². The Balaban J connectivity index is 1.34. The van der Waals surface area contributed by atoms with Gasteiger partial charge >= 0.3 is 0 Å². The Morgan fingerprint density at radius 3 is 2.41 bits per heavy atom. The third-order valence-corrected chi connectivity index (χ3v) is 6.85. The van der Waals surface area contributed by atoms with E-state index in [2.05, 4.69) is 14.9 Å². The summed E-state index contributed by atoms with van der Waals surface area (Å²) in [6.45, 7) is 4.42. The Bertz CT molecular complexity index is 1310. The molecule has 1 fully saturated rings. The first-order chi connectivity index (χ1) is 16.5. The number of anilines is 1. The second-order valence-corrected chi connectivity index (χ2v) is 9.31. The van der Waals surface area contributed by atoms with Crippen molar-refractivity contribution in [1.82, 2.24) is 19.9 Å². The Labute approximate surface area is 204 Å². The van der Waals surface area contributed by atoms with E-state index in [4.69, 9.17) is 21.3 Å². The molecule has 10 heteroatoms. The molecule has 34 heavy (non-hydrogen) atoms. The highest BCUT2D eigenvalue weighted by molar-refractivity contribution is 7.21. The average Bonchev–Trinajstić information content (AvgIpc) is 3.28. The second-order valence-electron chi connectivity index (χ2n) is 7.90. The smallest absolute Gasteiger partial charge is 0.209 e. The molecule has 2 aromatic carbocycles. The Hall–Kier alpha value is -3.14. The van der Waals surface area contributed by atoms with Gasteiger partial charge in [-0.3, -0.25) is 9.69 Å². The summed E-state index contributed by atoms with van der Waals surface area (Å²) >= 11 is 7.39. The number of fused-ring (bicyclic) bond motifs is 1. The molecule has 0 saturated carbocycles. The summed E-state index contributed by atoms with van der Waals surface area (Å²) in [5.41, 5.74) is 1.57. The van der Waals surface area contributed by atoms with Gasteiger partial charge in [0.2, 0.25) is 6.23 Å². The van der Waals surface area contributed by atoms with E-state index in [1.54, 1.807) is 36.4 Å². The molecular weight excluding hydrogens is 477 g/mol. The number of aryl methyl sites for hydroxylation is 1. The summed E-state index contributed by atoms with van der Waals surface area (Å²) < 4.78 is 19.2. The highest BCUT2D eigenvalue weighted by atomic mass is 35.5. The minimum atomic E-state index is -0.681. The maximum Gasteiger partial charge on any atom is 0.209 e. The lowest BCUT2D eigenvalue weighted by molar-refractivity contribution is -0.121. The predicted octanol–water partition coefficient (Wildman–Crippen LogP) is 4.58. The molecule has 0 spiro atoms. The quantitative estimate of drug-likeness (QED) is 0.361. The number of hydrogen-bond donors (Lipinski definition) is 0. The third-order valence-electron chi connectivity index (χ3n) is 5.60. The molecule has 2 aromatic heterocycles. The first-order valence-corrected chi connectivity index (χ1v) is 12.0. The molecule has 0 bridgehead atoms. The van der Waals surface area contributed by atoms with Gasteiger partial charge in [0.15, 0.2) is 12.1 Å². The van der Waals surface area contributed by atoms with Gasteiger partial charge in [-0.2, -0.15) is 0 Å². The van der Waals surface area contributed by atoms with Crippen LogP contribution >= 0.6 is 22.9 Å². The van der Waals surface area contributed by atoms with Gasteiger partial charge in [0.05, 0.1) is 0 Å². The molecule has 3 heterocycles. The Morgan fingerprint density at radius 1 is 1.03 bits per heavy atom. The summed E-state index contributed by atoms with van der Waals surface area (Å²) in [6.07, 6.45) is 0.131. The van der Waals surface area contributed by atoms with Crippen LogP contribution in [0, 0.1) is 12.7 Å². The molecule has 5 rings (SSSR count). The number of ether oxygens (including phenoxy) is 1. The molecule has 0 N–H and O–H groups in total. The van der Waals surface area contributed by atoms with Gasteiger partial charge in [-0.05, 0) is 55.5 Å². The molecule has 0 aliphatic carbocycles. The number of thiazole rings is 1. The van der Waals surface area contributed by atoms with Crippen molar-refractivity contribution in [2.24, 2.45) is 0 Å². The number of aldehydes is 1. The van der Waals surface area contributed by atoms with Crippen LogP contribution in [0.25, 0.3) is 20.9 Å². The number of benzene rings is 2. The summed E-state index contributed by atoms with van der Waals surface area (Å²) in [5.74, 6) is 1.74. The van der Waals surface area contributed by atoms with Crippen LogP contribution in [-0.2, 0) is 4.79 Å². The number of piperazine rings is 1. The molecule has 1 aliphatic heterocycles. The van der Waals surface area contributed by atoms with Crippen LogP contribution in [0.1, 0.15) is 5.82 Å². The van der Waals surface area contributed by atoms with Crippen LogP contribution in [0.3, 0.4) is 0 Å². The van der Waals surface area contributed by atoms with Crippen molar-refractivity contribution in [2.45, 2.75) is 13.2 Å². The lowest BCUT2D eigenvalue weighted by Gasteiger charge is -2.37. The van der Waals surface area contributed by atoms with E-state index in [-0.39, 0.29) is 5.82 Å². The highest BCUT2D eigenvalue weighted by Crippen LogP contribution is 2.34. The molecule has 1 unspecified atom stereocenters. The highest BCUT2D eigenvalue weighted by Gasteiger charge is 2.27. The Kier molecular flexibility index (Phi) is 6.40. The maximum absolute atomic E-state index is 13.3. The number of carbonyl (C=O) groups excluding carboxylic acids is 1. The van der Waals surface area contributed by atoms with Crippen molar-refractivity contribution in [3.05, 3.63) is 65.2 Å². The monoisotopic (exact) mass is 497 g/mol. The lowest BCUT2D eigenvalue weighted by atomic mass is 10.2. The summed E-state index contributed by atoms with van der Waals surface area (Å²) in [6, 6.07) is 13.2. The van der Waals surface area contributed by atoms with E-state index in [9.17, 15) is 9.18 Å². The number of carbonyl (C=O) groups is 1. The fraction of sp³-hybridized carbons (Fsp3) is 0.250. The summed E-state index contributed by atoms with van der Waals surface area (Å²) in [5, 5.41) is 1.38. The van der Waals surface area contributed by atoms with Gasteiger partial charge < -0.3 is 9.64 Å². The molecule has 7 nitrogen and oxygen atoms in total. The maximum atomic E-state index is 13.3. The number of hydrogen-bond acceptors (Lipinski definition) is 8. The van der Waals surface area contributed by atoms with Crippen LogP contribution in [0.5, 0.6) is 5.75 Å². The van der Waals surface area contributed by atoms with Gasteiger partial charge in [-0.1, -0.05) is 22.9 Å². The summed E-state index contributed by atoms with van der Waals surface area (Å²) in [7, 11) is 0. The first kappa shape index (κ1) is 22.6. The molecule has 1 saturated heterocycles. The molecule has 4 aromatic rings. The molecule has 1 aliphatic rings. The fourth-order valence-electron chi connectivity index (χ4n) is 3.88. The van der Waals surface area contributed by atoms with Crippen molar-refractivity contribution < 1.29 is 13.9 Å². The molecule has 0 amide bonds. The van der Waals surface area contributed by atoms with E-state index in [0.717, 1.165) is 33.0 Å². The van der Waals surface area contributed by atoms with Gasteiger partial charge in [-0.15, -0.1) is 0 Å². The van der Waals surface area contributed by atoms with Crippen molar-refractivity contribution in [3.63, 3.8) is 0 Å². The SMILES string of the molecule is Cc1nc(N2CCN(C(C=O)Oc3ccc(Cl)cc3)CC2)c2nc(-c3ccc(F)cc3)sc2n1. The molecule has 0 radical (unpaired) electrons. The number of halogens is 2. The molecule has 1 atom stereocenters. The van der Waals surface area contributed by atoms with Crippen LogP contribution in [0.4, 0.5) is 10.2 Å². The van der Waals surface area contributed by atoms with E-state index >= 15 is 0 Å². The van der Waals surface area contributed by atoms with Crippen LogP contribution in [0.15, 0.2) is 48.5 Å². The topological polar surface area (TPSA) is 71.5 Å². The van der Waals surface area contributed by atoms with E-state index in [1.807, 2.05) is 11.8 Å². The average molecular weight is 498 g/mol. The standard InChI is InChI=1S/C24H21ClFN5O2S/c1-15-27-22(21-24(28-15)34-23(29-21)16-2-6-18(26)7-3-16)31-12-10-30(11-13-31)20(14-32)33-19-8-4-17(25)5-9-19/h2-9,14,20H,10-13H2,1H3. The van der Waals surface area contributed by atoms with Crippen LogP contribution in [0.2, 0.25) is 5.02 Å². The van der Waals surface area contributed by atoms with Crippen LogP contribution < -0.4 is 9.64 Å². The minimum Gasteiger partial charge on any atom is -0.468 e. The number of nitrogens with zero attached hydrogens (tertiary/aromatic N) is 5. The summed E-state index contributed by atoms with van der Waals surface area (Å²) in [4.78, 5) is 30.7. The number of aromatic nitrogens is 3. The van der Waals surface area contributed by atoms with E-state index < -0.39 is 6.23 Å². The normalized spacial score (nSPS) is 15.4. The van der Waals surface area contributed by atoms with Crippen molar-refractivity contribution in [2.75, 3.05) is 31.1 Å². The van der Waals surface area contributed by atoms with Gasteiger partial charge in [-0.25, -0.2) is 19.3 Å². The first-order valence-electron chi connectivity index (χ1n) is 10.8. The van der Waals surface area contributed by atoms with Gasteiger partial charge in [0.1, 0.15) is 32.7 Å². The zero-order valence-corrected chi connectivity index (χ0v) is 19.9.